The van der Waals surface area contributed by atoms with Crippen LogP contribution in [0, 0.1) is 0 Å². The van der Waals surface area contributed by atoms with Gasteiger partial charge in [0.05, 0.1) is 18.5 Å². The molecule has 0 bridgehead atoms. The van der Waals surface area contributed by atoms with E-state index in [2.05, 4.69) is 15.6 Å². The number of esters is 1. The molecule has 0 atom stereocenters. The third kappa shape index (κ3) is 4.94. The summed E-state index contributed by atoms with van der Waals surface area (Å²) in [7, 11) is 0. The quantitative estimate of drug-likeness (QED) is 0.628. The first-order valence-electron chi connectivity index (χ1n) is 7.07. The van der Waals surface area contributed by atoms with Gasteiger partial charge in [-0.3, -0.25) is 0 Å². The topological polar surface area (TPSA) is 63.2 Å². The monoisotopic (exact) mass is 297 g/mol. The van der Waals surface area contributed by atoms with Crippen LogP contribution < -0.4 is 10.6 Å². The van der Waals surface area contributed by atoms with Gasteiger partial charge in [0, 0.05) is 17.5 Å². The number of benzene rings is 1. The van der Waals surface area contributed by atoms with Gasteiger partial charge in [0.25, 0.3) is 0 Å². The lowest BCUT2D eigenvalue weighted by Crippen LogP contribution is -2.04. The second kappa shape index (κ2) is 7.83. The van der Waals surface area contributed by atoms with Crippen LogP contribution >= 0.6 is 0 Å². The maximum atomic E-state index is 11.3. The predicted molar refractivity (Wildman–Crippen MR) is 88.0 cm³/mol. The van der Waals surface area contributed by atoms with Gasteiger partial charge in [0.15, 0.2) is 0 Å². The zero-order valence-electron chi connectivity index (χ0n) is 12.7. The fourth-order valence-corrected chi connectivity index (χ4v) is 1.84. The lowest BCUT2D eigenvalue weighted by atomic mass is 10.3. The number of carbonyl (C=O) groups excluding carboxylic acids is 1. The van der Waals surface area contributed by atoms with Crippen LogP contribution in [0.1, 0.15) is 13.8 Å². The summed E-state index contributed by atoms with van der Waals surface area (Å²) in [5, 5.41) is 6.30. The Kier molecular flexibility index (Phi) is 5.54. The molecule has 2 aromatic rings. The number of anilines is 3. The van der Waals surface area contributed by atoms with Crippen molar-refractivity contribution in [3.63, 3.8) is 0 Å². The Morgan fingerprint density at radius 2 is 1.95 bits per heavy atom. The molecule has 1 aromatic heterocycles. The molecule has 0 aliphatic carbocycles. The molecule has 5 nitrogen and oxygen atoms in total. The SMILES string of the molecule is CCOC(=O)/C=C(\C)Nc1ccc(Nc2ccccc2)nc1. The van der Waals surface area contributed by atoms with Crippen molar-refractivity contribution in [2.75, 3.05) is 17.2 Å². The van der Waals surface area contributed by atoms with E-state index in [1.54, 1.807) is 20.0 Å². The minimum absolute atomic E-state index is 0.358. The molecule has 0 aliphatic rings. The molecule has 2 N–H and O–H groups in total. The third-order valence-electron chi connectivity index (χ3n) is 2.77. The van der Waals surface area contributed by atoms with Crippen molar-refractivity contribution in [3.8, 4) is 0 Å². The fourth-order valence-electron chi connectivity index (χ4n) is 1.84. The van der Waals surface area contributed by atoms with E-state index in [1.807, 2.05) is 42.5 Å². The summed E-state index contributed by atoms with van der Waals surface area (Å²) >= 11 is 0. The highest BCUT2D eigenvalue weighted by Gasteiger charge is 2.00. The summed E-state index contributed by atoms with van der Waals surface area (Å²) in [6, 6.07) is 13.6. The van der Waals surface area contributed by atoms with E-state index in [4.69, 9.17) is 4.74 Å². The number of allylic oxidation sites excluding steroid dienone is 1. The number of nitrogens with zero attached hydrogens (tertiary/aromatic N) is 1. The normalized spacial score (nSPS) is 10.9. The van der Waals surface area contributed by atoms with Crippen LogP contribution in [-0.4, -0.2) is 17.6 Å². The van der Waals surface area contributed by atoms with E-state index < -0.39 is 0 Å². The van der Waals surface area contributed by atoms with Gasteiger partial charge in [-0.15, -0.1) is 0 Å². The van der Waals surface area contributed by atoms with Gasteiger partial charge in [0.1, 0.15) is 5.82 Å². The predicted octanol–water partition coefficient (Wildman–Crippen LogP) is 3.70. The Hall–Kier alpha value is -2.82. The molecule has 22 heavy (non-hydrogen) atoms. The number of aromatic nitrogens is 1. The lowest BCUT2D eigenvalue weighted by molar-refractivity contribution is -0.137. The molecule has 0 unspecified atom stereocenters. The Morgan fingerprint density at radius 1 is 1.18 bits per heavy atom. The van der Waals surface area contributed by atoms with E-state index in [0.717, 1.165) is 17.2 Å². The second-order valence-electron chi connectivity index (χ2n) is 4.63. The number of ether oxygens (including phenoxy) is 1. The first-order valence-corrected chi connectivity index (χ1v) is 7.07. The first kappa shape index (κ1) is 15.6. The summed E-state index contributed by atoms with van der Waals surface area (Å²) in [5.41, 5.74) is 2.48. The average molecular weight is 297 g/mol. The van der Waals surface area contributed by atoms with Crippen LogP contribution in [0.4, 0.5) is 17.2 Å². The van der Waals surface area contributed by atoms with Crippen LogP contribution in [0.2, 0.25) is 0 Å². The summed E-state index contributed by atoms with van der Waals surface area (Å²) in [6.45, 7) is 3.94. The average Bonchev–Trinajstić information content (AvgIpc) is 2.50. The smallest absolute Gasteiger partial charge is 0.332 e. The molecule has 0 fully saturated rings. The molecule has 0 spiro atoms. The molecule has 0 aliphatic heterocycles. The zero-order chi connectivity index (χ0) is 15.8. The lowest BCUT2D eigenvalue weighted by Gasteiger charge is -2.08. The van der Waals surface area contributed by atoms with Crippen LogP contribution in [0.15, 0.2) is 60.4 Å². The van der Waals surface area contributed by atoms with Crippen LogP contribution in [0.5, 0.6) is 0 Å². The van der Waals surface area contributed by atoms with Crippen LogP contribution in [0.3, 0.4) is 0 Å². The molecule has 0 radical (unpaired) electrons. The van der Waals surface area contributed by atoms with Crippen molar-refractivity contribution >= 4 is 23.2 Å². The van der Waals surface area contributed by atoms with E-state index in [0.29, 0.717) is 12.3 Å². The highest BCUT2D eigenvalue weighted by Crippen LogP contribution is 2.16. The van der Waals surface area contributed by atoms with Gasteiger partial charge in [-0.25, -0.2) is 9.78 Å². The molecule has 0 saturated heterocycles. The molecule has 114 valence electrons. The van der Waals surface area contributed by atoms with E-state index in [9.17, 15) is 4.79 Å². The van der Waals surface area contributed by atoms with Gasteiger partial charge in [-0.2, -0.15) is 0 Å². The highest BCUT2D eigenvalue weighted by molar-refractivity contribution is 5.83. The molecular weight excluding hydrogens is 278 g/mol. The second-order valence-corrected chi connectivity index (χ2v) is 4.63. The molecule has 2 rings (SSSR count). The molecular formula is C17H19N3O2. The number of nitrogens with one attached hydrogen (secondary N) is 2. The molecule has 0 saturated carbocycles. The number of rotatable bonds is 6. The largest absolute Gasteiger partial charge is 0.463 e. The van der Waals surface area contributed by atoms with Gasteiger partial charge >= 0.3 is 5.97 Å². The van der Waals surface area contributed by atoms with Crippen molar-refractivity contribution in [1.82, 2.24) is 4.98 Å². The molecule has 1 heterocycles. The number of para-hydroxylation sites is 1. The van der Waals surface area contributed by atoms with E-state index >= 15 is 0 Å². The first-order chi connectivity index (χ1) is 10.7. The minimum atomic E-state index is -0.358. The van der Waals surface area contributed by atoms with E-state index in [-0.39, 0.29) is 5.97 Å². The maximum absolute atomic E-state index is 11.3. The number of carbonyl (C=O) groups is 1. The van der Waals surface area contributed by atoms with Gasteiger partial charge in [0.2, 0.25) is 0 Å². The van der Waals surface area contributed by atoms with Crippen molar-refractivity contribution in [1.29, 1.82) is 0 Å². The van der Waals surface area contributed by atoms with Crippen molar-refractivity contribution < 1.29 is 9.53 Å². The molecule has 0 amide bonds. The zero-order valence-corrected chi connectivity index (χ0v) is 12.7. The number of pyridine rings is 1. The van der Waals surface area contributed by atoms with Crippen molar-refractivity contribution in [2.45, 2.75) is 13.8 Å². The summed E-state index contributed by atoms with van der Waals surface area (Å²) in [4.78, 5) is 15.7. The Labute approximate surface area is 130 Å². The Bertz CT molecular complexity index is 637. The highest BCUT2D eigenvalue weighted by atomic mass is 16.5. The molecule has 1 aromatic carbocycles. The number of hydrogen-bond acceptors (Lipinski definition) is 5. The van der Waals surface area contributed by atoms with Crippen molar-refractivity contribution in [3.05, 3.63) is 60.4 Å². The third-order valence-corrected chi connectivity index (χ3v) is 2.77. The Morgan fingerprint density at radius 3 is 2.59 bits per heavy atom. The van der Waals surface area contributed by atoms with Crippen LogP contribution in [0.25, 0.3) is 0 Å². The molecule has 5 heteroatoms. The fraction of sp³-hybridized carbons (Fsp3) is 0.176. The number of hydrogen-bond donors (Lipinski definition) is 2. The van der Waals surface area contributed by atoms with E-state index in [1.165, 1.54) is 6.08 Å². The van der Waals surface area contributed by atoms with Crippen LogP contribution in [-0.2, 0) is 9.53 Å². The minimum Gasteiger partial charge on any atom is -0.463 e. The summed E-state index contributed by atoms with van der Waals surface area (Å²) < 4.78 is 4.85. The Balaban J connectivity index is 1.96. The maximum Gasteiger partial charge on any atom is 0.332 e. The standard InChI is InChI=1S/C17H19N3O2/c1-3-22-17(21)11-13(2)19-15-9-10-16(18-12-15)20-14-7-5-4-6-8-14/h4-12,19H,3H2,1-2H3,(H,18,20)/b13-11+. The van der Waals surface area contributed by atoms with Gasteiger partial charge < -0.3 is 15.4 Å². The van der Waals surface area contributed by atoms with Gasteiger partial charge in [-0.05, 0) is 38.1 Å². The summed E-state index contributed by atoms with van der Waals surface area (Å²) in [6.07, 6.45) is 3.12. The van der Waals surface area contributed by atoms with Crippen molar-refractivity contribution in [2.24, 2.45) is 0 Å². The van der Waals surface area contributed by atoms with Gasteiger partial charge in [-0.1, -0.05) is 18.2 Å². The summed E-state index contributed by atoms with van der Waals surface area (Å²) in [5.74, 6) is 0.395.